The van der Waals surface area contributed by atoms with Gasteiger partial charge in [-0.05, 0) is 25.8 Å². The first kappa shape index (κ1) is 16.7. The first-order valence-corrected chi connectivity index (χ1v) is 7.14. The fraction of sp³-hybridized carbons (Fsp3) is 0.200. The molecular formula is C15H15ClN4O3. The quantitative estimate of drug-likeness (QED) is 0.681. The number of allylic oxidation sites excluding steroid dienone is 1. The van der Waals surface area contributed by atoms with E-state index >= 15 is 0 Å². The Morgan fingerprint density at radius 1 is 1.43 bits per heavy atom. The summed E-state index contributed by atoms with van der Waals surface area (Å²) in [5.41, 5.74) is 0.541. The monoisotopic (exact) mass is 334 g/mol. The van der Waals surface area contributed by atoms with Gasteiger partial charge < -0.3 is 4.74 Å². The average Bonchev–Trinajstić information content (AvgIpc) is 2.52. The first-order chi connectivity index (χ1) is 11.0. The van der Waals surface area contributed by atoms with Crippen molar-refractivity contribution in [2.24, 2.45) is 9.98 Å². The second-order valence-electron chi connectivity index (χ2n) is 4.63. The molecule has 7 nitrogen and oxygen atoms in total. The smallest absolute Gasteiger partial charge is 0.328 e. The lowest BCUT2D eigenvalue weighted by molar-refractivity contribution is -0.121. The summed E-state index contributed by atoms with van der Waals surface area (Å²) in [7, 11) is 0. The number of amidine groups is 1. The van der Waals surface area contributed by atoms with Crippen molar-refractivity contribution >= 4 is 36.3 Å². The first-order valence-electron chi connectivity index (χ1n) is 6.76. The summed E-state index contributed by atoms with van der Waals surface area (Å²) in [5, 5.41) is 2.65. The standard InChI is InChI=1S/C15H15ClN4O3/c1-10(20-8-7-13(21)19-15(20)22)9-18-14(17-2)23-12-6-4-3-5-11(12)16/h3-6,9H,2,7-8H2,1H3,(H,19,21,22)/b10-9+,18-14?. The zero-order valence-electron chi connectivity index (χ0n) is 12.5. The average molecular weight is 335 g/mol. The highest BCUT2D eigenvalue weighted by atomic mass is 35.5. The molecule has 120 valence electrons. The molecule has 1 aliphatic heterocycles. The number of ether oxygens (including phenoxy) is 1. The van der Waals surface area contributed by atoms with Crippen LogP contribution in [0.3, 0.4) is 0 Å². The van der Waals surface area contributed by atoms with Gasteiger partial charge in [0.1, 0.15) is 5.75 Å². The second kappa shape index (κ2) is 7.55. The summed E-state index contributed by atoms with van der Waals surface area (Å²) in [6, 6.07) is 6.39. The molecule has 23 heavy (non-hydrogen) atoms. The topological polar surface area (TPSA) is 83.4 Å². The van der Waals surface area contributed by atoms with Crippen molar-refractivity contribution in [3.8, 4) is 5.75 Å². The summed E-state index contributed by atoms with van der Waals surface area (Å²) in [5.74, 6) is 0.103. The number of nitrogens with zero attached hydrogens (tertiary/aromatic N) is 3. The third-order valence-electron chi connectivity index (χ3n) is 3.01. The number of benzene rings is 1. The lowest BCUT2D eigenvalue weighted by atomic mass is 10.3. The predicted molar refractivity (Wildman–Crippen MR) is 87.7 cm³/mol. The Bertz CT molecular complexity index is 700. The third-order valence-corrected chi connectivity index (χ3v) is 3.33. The SMILES string of the molecule is C=NC(=N/C=C(\C)N1CCC(=O)NC1=O)Oc1ccccc1Cl. The molecule has 0 atom stereocenters. The van der Waals surface area contributed by atoms with Crippen LogP contribution >= 0.6 is 11.6 Å². The molecule has 1 saturated heterocycles. The molecule has 1 aliphatic rings. The van der Waals surface area contributed by atoms with Crippen LogP contribution in [0, 0.1) is 0 Å². The van der Waals surface area contributed by atoms with Crippen LogP contribution in [-0.4, -0.2) is 36.1 Å². The van der Waals surface area contributed by atoms with Crippen LogP contribution in [0.1, 0.15) is 13.3 Å². The minimum absolute atomic E-state index is 0.00839. The molecule has 0 unspecified atom stereocenters. The highest BCUT2D eigenvalue weighted by Gasteiger charge is 2.23. The van der Waals surface area contributed by atoms with Gasteiger partial charge >= 0.3 is 12.1 Å². The van der Waals surface area contributed by atoms with Gasteiger partial charge in [0.25, 0.3) is 0 Å². The number of aliphatic imine (C=N–C) groups is 2. The van der Waals surface area contributed by atoms with Crippen LogP contribution in [-0.2, 0) is 4.79 Å². The largest absolute Gasteiger partial charge is 0.423 e. The molecule has 0 aromatic heterocycles. The Morgan fingerprint density at radius 3 is 2.83 bits per heavy atom. The normalized spacial score (nSPS) is 16.2. The van der Waals surface area contributed by atoms with Crippen molar-refractivity contribution in [3.05, 3.63) is 41.2 Å². The molecule has 1 heterocycles. The summed E-state index contributed by atoms with van der Waals surface area (Å²) in [6.07, 6.45) is 1.65. The molecule has 1 aromatic carbocycles. The van der Waals surface area contributed by atoms with Gasteiger partial charge in [0, 0.05) is 18.7 Å². The summed E-state index contributed by atoms with van der Waals surface area (Å²) < 4.78 is 5.45. The number of imide groups is 1. The van der Waals surface area contributed by atoms with Gasteiger partial charge in [-0.25, -0.2) is 14.8 Å². The number of carbonyl (C=O) groups is 2. The number of halogens is 1. The molecule has 0 bridgehead atoms. The number of hydrogen-bond acceptors (Lipinski definition) is 4. The number of carbonyl (C=O) groups excluding carboxylic acids is 2. The Labute approximate surface area is 138 Å². The van der Waals surface area contributed by atoms with Gasteiger partial charge in [-0.3, -0.25) is 15.0 Å². The molecule has 0 aliphatic carbocycles. The zero-order valence-corrected chi connectivity index (χ0v) is 13.2. The summed E-state index contributed by atoms with van der Waals surface area (Å²) in [4.78, 5) is 32.0. The number of urea groups is 1. The van der Waals surface area contributed by atoms with E-state index < -0.39 is 6.03 Å². The van der Waals surface area contributed by atoms with Gasteiger partial charge in [-0.2, -0.15) is 0 Å². The molecule has 2 rings (SSSR count). The number of amides is 3. The van der Waals surface area contributed by atoms with E-state index in [0.29, 0.717) is 23.0 Å². The molecule has 3 amide bonds. The lowest BCUT2D eigenvalue weighted by Crippen LogP contribution is -2.48. The van der Waals surface area contributed by atoms with Crippen LogP contribution in [0.4, 0.5) is 4.79 Å². The van der Waals surface area contributed by atoms with Crippen LogP contribution in [0.5, 0.6) is 5.75 Å². The highest BCUT2D eigenvalue weighted by Crippen LogP contribution is 2.23. The summed E-state index contributed by atoms with van der Waals surface area (Å²) in [6.45, 7) is 5.37. The fourth-order valence-electron chi connectivity index (χ4n) is 1.84. The molecule has 0 saturated carbocycles. The minimum Gasteiger partial charge on any atom is -0.423 e. The van der Waals surface area contributed by atoms with Crippen molar-refractivity contribution in [2.45, 2.75) is 13.3 Å². The molecular weight excluding hydrogens is 320 g/mol. The Morgan fingerprint density at radius 2 is 2.17 bits per heavy atom. The van der Waals surface area contributed by atoms with Crippen LogP contribution in [0.15, 0.2) is 46.1 Å². The van der Waals surface area contributed by atoms with Gasteiger partial charge in [-0.15, -0.1) is 0 Å². The molecule has 1 aromatic rings. The molecule has 8 heteroatoms. The summed E-state index contributed by atoms with van der Waals surface area (Å²) >= 11 is 5.99. The van der Waals surface area contributed by atoms with Crippen molar-refractivity contribution in [3.63, 3.8) is 0 Å². The Balaban J connectivity index is 2.11. The van der Waals surface area contributed by atoms with Crippen molar-refractivity contribution < 1.29 is 14.3 Å². The van der Waals surface area contributed by atoms with Gasteiger partial charge in [0.15, 0.2) is 0 Å². The lowest BCUT2D eigenvalue weighted by Gasteiger charge is -2.26. The second-order valence-corrected chi connectivity index (χ2v) is 5.03. The number of hydrogen-bond donors (Lipinski definition) is 1. The maximum absolute atomic E-state index is 11.7. The fourth-order valence-corrected chi connectivity index (χ4v) is 2.02. The van der Waals surface area contributed by atoms with E-state index in [4.69, 9.17) is 16.3 Å². The van der Waals surface area contributed by atoms with E-state index in [1.165, 1.54) is 11.1 Å². The van der Waals surface area contributed by atoms with Crippen molar-refractivity contribution in [2.75, 3.05) is 6.54 Å². The highest BCUT2D eigenvalue weighted by molar-refractivity contribution is 6.32. The van der Waals surface area contributed by atoms with Gasteiger partial charge in [-0.1, -0.05) is 23.7 Å². The van der Waals surface area contributed by atoms with Crippen molar-refractivity contribution in [1.29, 1.82) is 0 Å². The van der Waals surface area contributed by atoms with E-state index in [-0.39, 0.29) is 18.3 Å². The minimum atomic E-state index is -0.481. The molecule has 0 radical (unpaired) electrons. The Hall–Kier alpha value is -2.67. The van der Waals surface area contributed by atoms with E-state index in [0.717, 1.165) is 0 Å². The van der Waals surface area contributed by atoms with E-state index in [1.54, 1.807) is 31.2 Å². The molecule has 1 N–H and O–H groups in total. The van der Waals surface area contributed by atoms with Crippen LogP contribution in [0.25, 0.3) is 0 Å². The van der Waals surface area contributed by atoms with E-state index in [1.807, 2.05) is 0 Å². The maximum atomic E-state index is 11.7. The number of para-hydroxylation sites is 1. The zero-order chi connectivity index (χ0) is 16.8. The van der Waals surface area contributed by atoms with Crippen molar-refractivity contribution in [1.82, 2.24) is 10.2 Å². The molecule has 0 spiro atoms. The Kier molecular flexibility index (Phi) is 5.48. The van der Waals surface area contributed by atoms with Crippen LogP contribution in [0.2, 0.25) is 5.02 Å². The predicted octanol–water partition coefficient (Wildman–Crippen LogP) is 2.58. The van der Waals surface area contributed by atoms with Crippen LogP contribution < -0.4 is 10.1 Å². The molecule has 1 fully saturated rings. The van der Waals surface area contributed by atoms with Gasteiger partial charge in [0.2, 0.25) is 5.91 Å². The number of rotatable bonds is 3. The third kappa shape index (κ3) is 4.40. The van der Waals surface area contributed by atoms with E-state index in [2.05, 4.69) is 22.0 Å². The number of nitrogens with one attached hydrogen (secondary N) is 1. The van der Waals surface area contributed by atoms with E-state index in [9.17, 15) is 9.59 Å². The van der Waals surface area contributed by atoms with Gasteiger partial charge in [0.05, 0.1) is 11.2 Å². The maximum Gasteiger partial charge on any atom is 0.328 e.